The van der Waals surface area contributed by atoms with E-state index in [1.165, 1.54) is 0 Å². The van der Waals surface area contributed by atoms with Gasteiger partial charge in [-0.1, -0.05) is 13.8 Å². The molecule has 0 spiro atoms. The third kappa shape index (κ3) is 5.97. The number of hydrogen-bond acceptors (Lipinski definition) is 5. The van der Waals surface area contributed by atoms with Gasteiger partial charge in [0.25, 0.3) is 0 Å². The lowest BCUT2D eigenvalue weighted by Crippen LogP contribution is -2.37. The van der Waals surface area contributed by atoms with Gasteiger partial charge in [-0.15, -0.1) is 0 Å². The van der Waals surface area contributed by atoms with Crippen molar-refractivity contribution in [2.75, 3.05) is 5.32 Å². The van der Waals surface area contributed by atoms with E-state index in [2.05, 4.69) is 20.6 Å². The molecule has 0 saturated carbocycles. The summed E-state index contributed by atoms with van der Waals surface area (Å²) in [4.78, 5) is 19.5. The molecular formula is C14H24N4O2. The molecule has 6 nitrogen and oxygen atoms in total. The van der Waals surface area contributed by atoms with Crippen LogP contribution in [-0.2, 0) is 11.3 Å². The molecule has 1 unspecified atom stereocenters. The number of anilines is 1. The topological polar surface area (TPSA) is 87.1 Å². The Kier molecular flexibility index (Phi) is 6.38. The molecule has 1 heterocycles. The summed E-state index contributed by atoms with van der Waals surface area (Å²) in [6.07, 6.45) is 4.02. The van der Waals surface area contributed by atoms with Crippen molar-refractivity contribution in [3.05, 3.63) is 18.0 Å². The zero-order valence-electron chi connectivity index (χ0n) is 12.6. The molecule has 0 aliphatic heterocycles. The van der Waals surface area contributed by atoms with Crippen LogP contribution in [0, 0.1) is 5.92 Å². The molecule has 1 aromatic rings. The molecule has 3 N–H and O–H groups in total. The molecule has 0 radical (unpaired) electrons. The Balaban J connectivity index is 2.53. The molecule has 1 aromatic heterocycles. The van der Waals surface area contributed by atoms with E-state index in [9.17, 15) is 4.79 Å². The quantitative estimate of drug-likeness (QED) is 0.674. The summed E-state index contributed by atoms with van der Waals surface area (Å²) in [6, 6.07) is -0.259. The van der Waals surface area contributed by atoms with Crippen LogP contribution in [0.5, 0.6) is 0 Å². The molecule has 0 aromatic carbocycles. The summed E-state index contributed by atoms with van der Waals surface area (Å²) >= 11 is 0. The van der Waals surface area contributed by atoms with Crippen molar-refractivity contribution in [1.82, 2.24) is 15.3 Å². The first kappa shape index (κ1) is 16.4. The molecular weight excluding hydrogens is 256 g/mol. The first-order valence-electron chi connectivity index (χ1n) is 6.92. The number of aliphatic carboxylic acids is 1. The van der Waals surface area contributed by atoms with Crippen molar-refractivity contribution in [3.63, 3.8) is 0 Å². The maximum atomic E-state index is 11.1. The molecule has 0 saturated heterocycles. The van der Waals surface area contributed by atoms with Gasteiger partial charge in [0, 0.05) is 30.5 Å². The van der Waals surface area contributed by atoms with E-state index in [-0.39, 0.29) is 6.04 Å². The molecule has 0 aliphatic rings. The zero-order chi connectivity index (χ0) is 15.1. The number of hydrogen-bond donors (Lipinski definition) is 3. The minimum atomic E-state index is -0.822. The third-order valence-electron chi connectivity index (χ3n) is 2.68. The van der Waals surface area contributed by atoms with Crippen molar-refractivity contribution in [2.24, 2.45) is 5.92 Å². The number of carboxylic acids is 1. The molecule has 20 heavy (non-hydrogen) atoms. The summed E-state index contributed by atoms with van der Waals surface area (Å²) in [5.41, 5.74) is 0.870. The van der Waals surface area contributed by atoms with E-state index in [0.29, 0.717) is 24.8 Å². The van der Waals surface area contributed by atoms with Gasteiger partial charge in [0.05, 0.1) is 0 Å². The Morgan fingerprint density at radius 2 is 1.85 bits per heavy atom. The number of nitrogens with one attached hydrogen (secondary N) is 2. The largest absolute Gasteiger partial charge is 0.480 e. The van der Waals surface area contributed by atoms with E-state index in [0.717, 1.165) is 5.56 Å². The number of carboxylic acid groups (broad SMARTS) is 1. The van der Waals surface area contributed by atoms with Crippen LogP contribution < -0.4 is 10.6 Å². The number of nitrogens with zero attached hydrogens (tertiary/aromatic N) is 2. The highest BCUT2D eigenvalue weighted by Crippen LogP contribution is 2.07. The van der Waals surface area contributed by atoms with E-state index >= 15 is 0 Å². The molecule has 1 atom stereocenters. The van der Waals surface area contributed by atoms with Crippen LogP contribution in [0.15, 0.2) is 12.4 Å². The van der Waals surface area contributed by atoms with Crippen LogP contribution in [0.25, 0.3) is 0 Å². The van der Waals surface area contributed by atoms with E-state index in [4.69, 9.17) is 5.11 Å². The van der Waals surface area contributed by atoms with Gasteiger partial charge >= 0.3 is 5.97 Å². The van der Waals surface area contributed by atoms with Gasteiger partial charge in [0.15, 0.2) is 0 Å². The van der Waals surface area contributed by atoms with Crippen molar-refractivity contribution in [1.29, 1.82) is 0 Å². The smallest absolute Gasteiger partial charge is 0.320 e. The van der Waals surface area contributed by atoms with Crippen LogP contribution in [0.3, 0.4) is 0 Å². The van der Waals surface area contributed by atoms with Crippen LogP contribution in [0.4, 0.5) is 5.95 Å². The Labute approximate surface area is 120 Å². The number of rotatable bonds is 8. The minimum Gasteiger partial charge on any atom is -0.480 e. The Morgan fingerprint density at radius 3 is 2.30 bits per heavy atom. The monoisotopic (exact) mass is 280 g/mol. The lowest BCUT2D eigenvalue weighted by Gasteiger charge is -2.16. The summed E-state index contributed by atoms with van der Waals surface area (Å²) in [6.45, 7) is 8.50. The average Bonchev–Trinajstić information content (AvgIpc) is 2.34. The number of carbonyl (C=O) groups is 1. The van der Waals surface area contributed by atoms with Crippen molar-refractivity contribution >= 4 is 11.9 Å². The molecule has 0 amide bonds. The fourth-order valence-electron chi connectivity index (χ4n) is 1.76. The lowest BCUT2D eigenvalue weighted by atomic mass is 10.0. The second-order valence-corrected chi connectivity index (χ2v) is 5.62. The maximum absolute atomic E-state index is 11.1. The summed E-state index contributed by atoms with van der Waals surface area (Å²) in [7, 11) is 0. The van der Waals surface area contributed by atoms with Crippen LogP contribution >= 0.6 is 0 Å². The summed E-state index contributed by atoms with van der Waals surface area (Å²) in [5.74, 6) is 0.0934. The van der Waals surface area contributed by atoms with Gasteiger partial charge in [-0.05, 0) is 26.2 Å². The Morgan fingerprint density at radius 1 is 1.25 bits per heavy atom. The molecule has 1 rings (SSSR count). The van der Waals surface area contributed by atoms with Crippen molar-refractivity contribution in [2.45, 2.75) is 52.7 Å². The van der Waals surface area contributed by atoms with E-state index < -0.39 is 12.0 Å². The Hall–Kier alpha value is -1.69. The molecule has 6 heteroatoms. The SMILES string of the molecule is CC(C)CC(NCc1cnc(NC(C)C)nc1)C(=O)O. The summed E-state index contributed by atoms with van der Waals surface area (Å²) in [5, 5.41) is 15.3. The van der Waals surface area contributed by atoms with Crippen LogP contribution in [0.1, 0.15) is 39.7 Å². The molecule has 0 bridgehead atoms. The standard InChI is InChI=1S/C14H24N4O2/c1-9(2)5-12(13(19)20)15-6-11-7-16-14(17-8-11)18-10(3)4/h7-10,12,15H,5-6H2,1-4H3,(H,19,20)(H,16,17,18). The molecule has 0 aliphatic carbocycles. The first-order valence-corrected chi connectivity index (χ1v) is 6.92. The first-order chi connectivity index (χ1) is 9.38. The number of aromatic nitrogens is 2. The van der Waals surface area contributed by atoms with Gasteiger partial charge in [0.2, 0.25) is 5.95 Å². The fraction of sp³-hybridized carbons (Fsp3) is 0.643. The van der Waals surface area contributed by atoms with Gasteiger partial charge < -0.3 is 15.7 Å². The van der Waals surface area contributed by atoms with Crippen LogP contribution in [0.2, 0.25) is 0 Å². The van der Waals surface area contributed by atoms with Gasteiger partial charge in [-0.2, -0.15) is 0 Å². The fourth-order valence-corrected chi connectivity index (χ4v) is 1.76. The van der Waals surface area contributed by atoms with E-state index in [1.807, 2.05) is 27.7 Å². The second-order valence-electron chi connectivity index (χ2n) is 5.62. The van der Waals surface area contributed by atoms with Gasteiger partial charge in [-0.3, -0.25) is 4.79 Å². The Bertz CT molecular complexity index is 418. The lowest BCUT2D eigenvalue weighted by molar-refractivity contribution is -0.140. The predicted molar refractivity (Wildman–Crippen MR) is 78.5 cm³/mol. The van der Waals surface area contributed by atoms with Gasteiger partial charge in [-0.25, -0.2) is 9.97 Å². The summed E-state index contributed by atoms with van der Waals surface area (Å²) < 4.78 is 0. The van der Waals surface area contributed by atoms with Crippen molar-refractivity contribution in [3.8, 4) is 0 Å². The second kappa shape index (κ2) is 7.79. The minimum absolute atomic E-state index is 0.279. The van der Waals surface area contributed by atoms with E-state index in [1.54, 1.807) is 12.4 Å². The van der Waals surface area contributed by atoms with Crippen molar-refractivity contribution < 1.29 is 9.90 Å². The normalized spacial score (nSPS) is 12.7. The highest BCUT2D eigenvalue weighted by atomic mass is 16.4. The predicted octanol–water partition coefficient (Wildman–Crippen LogP) is 1.89. The maximum Gasteiger partial charge on any atom is 0.320 e. The average molecular weight is 280 g/mol. The zero-order valence-corrected chi connectivity index (χ0v) is 12.6. The van der Waals surface area contributed by atoms with Gasteiger partial charge in [0.1, 0.15) is 6.04 Å². The van der Waals surface area contributed by atoms with Crippen LogP contribution in [-0.4, -0.2) is 33.1 Å². The highest BCUT2D eigenvalue weighted by molar-refractivity contribution is 5.73. The third-order valence-corrected chi connectivity index (χ3v) is 2.68. The highest BCUT2D eigenvalue weighted by Gasteiger charge is 2.17. The molecule has 0 fully saturated rings. The molecule has 112 valence electrons.